The van der Waals surface area contributed by atoms with E-state index in [1.807, 2.05) is 0 Å². The Morgan fingerprint density at radius 2 is 1.90 bits per heavy atom. The highest BCUT2D eigenvalue weighted by Gasteiger charge is 2.42. The van der Waals surface area contributed by atoms with E-state index in [0.29, 0.717) is 32.5 Å². The van der Waals surface area contributed by atoms with Gasteiger partial charge in [0, 0.05) is 19.6 Å². The van der Waals surface area contributed by atoms with Gasteiger partial charge >= 0.3 is 12.1 Å². The lowest BCUT2D eigenvalue weighted by Crippen LogP contribution is -2.42. The number of ether oxygens (including phenoxy) is 1. The Bertz CT molecular complexity index is 457. The van der Waals surface area contributed by atoms with Crippen molar-refractivity contribution in [2.75, 3.05) is 19.6 Å². The fraction of sp³-hybridized carbons (Fsp3) is 0.786. The molecule has 2 heterocycles. The molecule has 1 unspecified atom stereocenters. The van der Waals surface area contributed by atoms with Gasteiger partial charge in [-0.25, -0.2) is 4.79 Å². The van der Waals surface area contributed by atoms with Crippen molar-refractivity contribution in [1.29, 1.82) is 0 Å². The first-order valence-corrected chi connectivity index (χ1v) is 7.20. The Labute approximate surface area is 123 Å². The zero-order chi connectivity index (χ0) is 15.8. The smallest absolute Gasteiger partial charge is 0.410 e. The summed E-state index contributed by atoms with van der Waals surface area (Å²) in [6.45, 7) is 6.80. The van der Waals surface area contributed by atoms with E-state index in [0.717, 1.165) is 0 Å². The molecule has 1 N–H and O–H groups in total. The van der Waals surface area contributed by atoms with Crippen LogP contribution in [0.15, 0.2) is 0 Å². The van der Waals surface area contributed by atoms with Gasteiger partial charge in [-0.2, -0.15) is 0 Å². The van der Waals surface area contributed by atoms with Gasteiger partial charge in [-0.1, -0.05) is 0 Å². The van der Waals surface area contributed by atoms with Crippen LogP contribution in [0.2, 0.25) is 0 Å². The van der Waals surface area contributed by atoms with Gasteiger partial charge in [-0.05, 0) is 33.6 Å². The number of aliphatic carboxylic acids is 1. The average Bonchev–Trinajstić information content (AvgIpc) is 2.92. The van der Waals surface area contributed by atoms with Crippen LogP contribution in [0.5, 0.6) is 0 Å². The van der Waals surface area contributed by atoms with Gasteiger partial charge in [0.15, 0.2) is 0 Å². The molecule has 2 aliphatic heterocycles. The highest BCUT2D eigenvalue weighted by molar-refractivity contribution is 5.98. The predicted molar refractivity (Wildman–Crippen MR) is 73.7 cm³/mol. The van der Waals surface area contributed by atoms with Crippen molar-refractivity contribution in [2.45, 2.75) is 45.3 Å². The molecule has 2 saturated heterocycles. The summed E-state index contributed by atoms with van der Waals surface area (Å²) in [7, 11) is 0. The first-order chi connectivity index (χ1) is 9.69. The van der Waals surface area contributed by atoms with Gasteiger partial charge in [-0.3, -0.25) is 9.59 Å². The lowest BCUT2D eigenvalue weighted by atomic mass is 10.1. The molecule has 7 nitrogen and oxygen atoms in total. The number of nitrogens with zero attached hydrogens (tertiary/aromatic N) is 2. The summed E-state index contributed by atoms with van der Waals surface area (Å²) >= 11 is 0. The van der Waals surface area contributed by atoms with Crippen molar-refractivity contribution in [3.8, 4) is 0 Å². The molecule has 7 heteroatoms. The van der Waals surface area contributed by atoms with Crippen molar-refractivity contribution in [3.05, 3.63) is 0 Å². The van der Waals surface area contributed by atoms with Crippen LogP contribution in [0, 0.1) is 5.92 Å². The second-order valence-electron chi connectivity index (χ2n) is 6.58. The van der Waals surface area contributed by atoms with Crippen LogP contribution >= 0.6 is 0 Å². The Kier molecular flexibility index (Phi) is 4.11. The minimum atomic E-state index is -1.07. The summed E-state index contributed by atoms with van der Waals surface area (Å²) in [4.78, 5) is 38.2. The summed E-state index contributed by atoms with van der Waals surface area (Å²) < 4.78 is 5.31. The molecule has 2 aliphatic rings. The van der Waals surface area contributed by atoms with Gasteiger partial charge in [0.2, 0.25) is 5.91 Å². The summed E-state index contributed by atoms with van der Waals surface area (Å²) in [5.74, 6) is -2.33. The van der Waals surface area contributed by atoms with Crippen molar-refractivity contribution in [3.63, 3.8) is 0 Å². The summed E-state index contributed by atoms with van der Waals surface area (Å²) in [5.41, 5.74) is -0.549. The van der Waals surface area contributed by atoms with Crippen LogP contribution in [0.3, 0.4) is 0 Å². The minimum absolute atomic E-state index is 0.102. The highest BCUT2D eigenvalue weighted by Crippen LogP contribution is 2.26. The van der Waals surface area contributed by atoms with E-state index in [2.05, 4.69) is 0 Å². The van der Waals surface area contributed by atoms with Crippen molar-refractivity contribution in [1.82, 2.24) is 9.80 Å². The van der Waals surface area contributed by atoms with Gasteiger partial charge in [0.1, 0.15) is 11.5 Å². The topological polar surface area (TPSA) is 87.2 Å². The van der Waals surface area contributed by atoms with Crippen LogP contribution in [0.25, 0.3) is 0 Å². The molecule has 0 spiro atoms. The van der Waals surface area contributed by atoms with Crippen molar-refractivity contribution < 1.29 is 24.2 Å². The zero-order valence-electron chi connectivity index (χ0n) is 12.7. The molecule has 0 aromatic rings. The van der Waals surface area contributed by atoms with Gasteiger partial charge in [0.05, 0.1) is 6.04 Å². The molecule has 2 fully saturated rings. The quantitative estimate of drug-likeness (QED) is 0.766. The predicted octanol–water partition coefficient (Wildman–Crippen LogP) is 0.929. The summed E-state index contributed by atoms with van der Waals surface area (Å²) in [6.07, 6.45) is 0.625. The molecule has 2 rings (SSSR count). The molecule has 0 bridgehead atoms. The SMILES string of the molecule is CC(C)(C)OC(=O)N1CC[C@H](N2CCC(C(=O)O)C2=O)C1. The van der Waals surface area contributed by atoms with Gasteiger partial charge in [-0.15, -0.1) is 0 Å². The van der Waals surface area contributed by atoms with E-state index >= 15 is 0 Å². The highest BCUT2D eigenvalue weighted by atomic mass is 16.6. The van der Waals surface area contributed by atoms with Gasteiger partial charge < -0.3 is 19.6 Å². The fourth-order valence-corrected chi connectivity index (χ4v) is 2.78. The van der Waals surface area contributed by atoms with Gasteiger partial charge in [0.25, 0.3) is 0 Å². The second-order valence-corrected chi connectivity index (χ2v) is 6.58. The molecule has 0 aromatic carbocycles. The maximum Gasteiger partial charge on any atom is 0.410 e. The van der Waals surface area contributed by atoms with Crippen LogP contribution in [0.1, 0.15) is 33.6 Å². The monoisotopic (exact) mass is 298 g/mol. The maximum atomic E-state index is 12.0. The summed E-state index contributed by atoms with van der Waals surface area (Å²) in [5, 5.41) is 8.98. The number of carbonyl (C=O) groups is 3. The third kappa shape index (κ3) is 3.46. The number of likely N-dealkylation sites (tertiary alicyclic amines) is 2. The van der Waals surface area contributed by atoms with Crippen LogP contribution in [-0.2, 0) is 14.3 Å². The first-order valence-electron chi connectivity index (χ1n) is 7.20. The zero-order valence-corrected chi connectivity index (χ0v) is 12.7. The standard InChI is InChI=1S/C14H22N2O5/c1-14(2,3)21-13(20)15-6-4-9(8-15)16-7-5-10(11(16)17)12(18)19/h9-10H,4-8H2,1-3H3,(H,18,19)/t9-,10?/m0/s1. The normalized spacial score (nSPS) is 26.3. The number of hydrogen-bond donors (Lipinski definition) is 1. The van der Waals surface area contributed by atoms with Crippen LogP contribution in [0.4, 0.5) is 4.79 Å². The first kappa shape index (κ1) is 15.6. The number of carbonyl (C=O) groups excluding carboxylic acids is 2. The number of carboxylic acids is 1. The number of hydrogen-bond acceptors (Lipinski definition) is 4. The molecule has 118 valence electrons. The fourth-order valence-electron chi connectivity index (χ4n) is 2.78. The van der Waals surface area contributed by atoms with E-state index in [-0.39, 0.29) is 18.0 Å². The van der Waals surface area contributed by atoms with E-state index in [1.54, 1.807) is 30.6 Å². The molecule has 0 aliphatic carbocycles. The lowest BCUT2D eigenvalue weighted by molar-refractivity contribution is -0.148. The van der Waals surface area contributed by atoms with Crippen molar-refractivity contribution >= 4 is 18.0 Å². The minimum Gasteiger partial charge on any atom is -0.481 e. The number of carboxylic acid groups (broad SMARTS) is 1. The molecule has 21 heavy (non-hydrogen) atoms. The van der Waals surface area contributed by atoms with E-state index in [9.17, 15) is 14.4 Å². The van der Waals surface area contributed by atoms with Crippen LogP contribution < -0.4 is 0 Å². The van der Waals surface area contributed by atoms with Crippen LogP contribution in [-0.4, -0.2) is 64.2 Å². The Morgan fingerprint density at radius 1 is 1.24 bits per heavy atom. The number of amides is 2. The molecule has 2 atom stereocenters. The molecular formula is C14H22N2O5. The number of rotatable bonds is 2. The second kappa shape index (κ2) is 5.54. The Morgan fingerprint density at radius 3 is 2.43 bits per heavy atom. The Hall–Kier alpha value is -1.79. The Balaban J connectivity index is 1.93. The maximum absolute atomic E-state index is 12.0. The van der Waals surface area contributed by atoms with E-state index in [4.69, 9.17) is 9.84 Å². The molecule has 0 radical (unpaired) electrons. The lowest BCUT2D eigenvalue weighted by Gasteiger charge is -2.26. The molecular weight excluding hydrogens is 276 g/mol. The average molecular weight is 298 g/mol. The molecule has 2 amide bonds. The van der Waals surface area contributed by atoms with E-state index in [1.165, 1.54) is 0 Å². The largest absolute Gasteiger partial charge is 0.481 e. The van der Waals surface area contributed by atoms with E-state index < -0.39 is 17.5 Å². The molecule has 0 aromatic heterocycles. The molecule has 0 saturated carbocycles. The third-order valence-corrected chi connectivity index (χ3v) is 3.79. The van der Waals surface area contributed by atoms with Crippen molar-refractivity contribution in [2.24, 2.45) is 5.92 Å². The third-order valence-electron chi connectivity index (χ3n) is 3.79. The summed E-state index contributed by atoms with van der Waals surface area (Å²) in [6, 6.07) is -0.102.